The molecule has 0 rings (SSSR count). The van der Waals surface area contributed by atoms with Crippen molar-refractivity contribution in [3.8, 4) is 0 Å². The fourth-order valence-electron chi connectivity index (χ4n) is 0.896. The van der Waals surface area contributed by atoms with E-state index in [4.69, 9.17) is 5.73 Å². The average Bonchev–Trinajstić information content (AvgIpc) is 2.01. The number of rotatable bonds is 6. The summed E-state index contributed by atoms with van der Waals surface area (Å²) in [5.74, 6) is -1.05. The van der Waals surface area contributed by atoms with Crippen LogP contribution >= 0.6 is 0 Å². The Morgan fingerprint density at radius 2 is 2.00 bits per heavy atom. The molecule has 0 radical (unpaired) electrons. The van der Waals surface area contributed by atoms with Gasteiger partial charge in [0.15, 0.2) is 0 Å². The molecule has 14 heavy (non-hydrogen) atoms. The van der Waals surface area contributed by atoms with Crippen molar-refractivity contribution >= 4 is 18.2 Å². The van der Waals surface area contributed by atoms with E-state index in [1.807, 2.05) is 0 Å². The Bertz CT molecular complexity index is 228. The van der Waals surface area contributed by atoms with Crippen molar-refractivity contribution in [2.45, 2.75) is 32.4 Å². The van der Waals surface area contributed by atoms with Crippen LogP contribution in [0.4, 0.5) is 0 Å². The van der Waals surface area contributed by atoms with Crippen molar-refractivity contribution in [2.24, 2.45) is 5.73 Å². The second-order valence-corrected chi connectivity index (χ2v) is 3.17. The van der Waals surface area contributed by atoms with Crippen molar-refractivity contribution in [1.82, 2.24) is 10.6 Å². The lowest BCUT2D eigenvalue weighted by atomic mass is 10.2. The molecule has 1 unspecified atom stereocenters. The Morgan fingerprint density at radius 3 is 2.36 bits per heavy atom. The molecule has 6 nitrogen and oxygen atoms in total. The highest BCUT2D eigenvalue weighted by Gasteiger charge is 2.19. The van der Waals surface area contributed by atoms with Crippen LogP contribution in [-0.2, 0) is 14.4 Å². The normalized spacial score (nSPS) is 11.9. The lowest BCUT2D eigenvalue weighted by Gasteiger charge is -2.16. The molecule has 0 saturated carbocycles. The second-order valence-electron chi connectivity index (χ2n) is 3.17. The van der Waals surface area contributed by atoms with Crippen LogP contribution in [0.25, 0.3) is 0 Å². The van der Waals surface area contributed by atoms with Gasteiger partial charge in [0.05, 0.1) is 6.42 Å². The first-order valence-corrected chi connectivity index (χ1v) is 4.25. The van der Waals surface area contributed by atoms with Gasteiger partial charge in [-0.3, -0.25) is 14.4 Å². The van der Waals surface area contributed by atoms with Crippen molar-refractivity contribution < 1.29 is 14.4 Å². The highest BCUT2D eigenvalue weighted by molar-refractivity contribution is 5.89. The summed E-state index contributed by atoms with van der Waals surface area (Å²) >= 11 is 0. The smallest absolute Gasteiger partial charge is 0.243 e. The third kappa shape index (κ3) is 5.13. The second kappa shape index (κ2) is 5.95. The minimum Gasteiger partial charge on any atom is -0.370 e. The summed E-state index contributed by atoms with van der Waals surface area (Å²) in [5.41, 5.74) is 4.92. The van der Waals surface area contributed by atoms with E-state index in [0.29, 0.717) is 6.41 Å². The zero-order valence-electron chi connectivity index (χ0n) is 8.24. The monoisotopic (exact) mass is 201 g/mol. The summed E-state index contributed by atoms with van der Waals surface area (Å²) in [5, 5.41) is 4.79. The van der Waals surface area contributed by atoms with Gasteiger partial charge in [-0.15, -0.1) is 0 Å². The number of carbonyl (C=O) groups is 3. The lowest BCUT2D eigenvalue weighted by molar-refractivity contribution is -0.129. The molecule has 0 heterocycles. The number of primary amides is 1. The van der Waals surface area contributed by atoms with E-state index >= 15 is 0 Å². The maximum atomic E-state index is 11.3. The minimum atomic E-state index is -0.882. The standard InChI is InChI=1S/C8H15N3O3/c1-5(2)11-8(14)6(10-4-12)3-7(9)13/h4-6H,3H2,1-2H3,(H2,9,13)(H,10,12)(H,11,14). The van der Waals surface area contributed by atoms with Gasteiger partial charge in [-0.05, 0) is 13.8 Å². The van der Waals surface area contributed by atoms with E-state index in [1.165, 1.54) is 0 Å². The Balaban J connectivity index is 4.24. The first-order valence-electron chi connectivity index (χ1n) is 4.25. The van der Waals surface area contributed by atoms with Crippen molar-refractivity contribution in [1.29, 1.82) is 0 Å². The third-order valence-corrected chi connectivity index (χ3v) is 1.42. The molecule has 0 aromatic heterocycles. The van der Waals surface area contributed by atoms with Crippen LogP contribution in [0.15, 0.2) is 0 Å². The fraction of sp³-hybridized carbons (Fsp3) is 0.625. The highest BCUT2D eigenvalue weighted by Crippen LogP contribution is 1.91. The third-order valence-electron chi connectivity index (χ3n) is 1.42. The maximum absolute atomic E-state index is 11.3. The van der Waals surface area contributed by atoms with Crippen molar-refractivity contribution in [3.63, 3.8) is 0 Å². The van der Waals surface area contributed by atoms with Gasteiger partial charge >= 0.3 is 0 Å². The van der Waals surface area contributed by atoms with Gasteiger partial charge in [0.1, 0.15) is 6.04 Å². The molecule has 0 aromatic rings. The summed E-state index contributed by atoms with van der Waals surface area (Å²) in [6, 6.07) is -0.932. The minimum absolute atomic E-state index is 0.0497. The summed E-state index contributed by atoms with van der Waals surface area (Å²) in [4.78, 5) is 32.0. The number of hydrogen-bond donors (Lipinski definition) is 3. The molecule has 0 aromatic carbocycles. The molecule has 80 valence electrons. The molecule has 3 amide bonds. The van der Waals surface area contributed by atoms with E-state index in [2.05, 4.69) is 10.6 Å². The predicted molar refractivity (Wildman–Crippen MR) is 50.1 cm³/mol. The number of hydrogen-bond acceptors (Lipinski definition) is 3. The van der Waals surface area contributed by atoms with E-state index in [0.717, 1.165) is 0 Å². The van der Waals surface area contributed by atoms with E-state index < -0.39 is 17.9 Å². The first-order chi connectivity index (χ1) is 6.47. The van der Waals surface area contributed by atoms with Crippen LogP contribution in [0.1, 0.15) is 20.3 Å². The number of nitrogens with one attached hydrogen (secondary N) is 2. The molecule has 1 atom stereocenters. The van der Waals surface area contributed by atoms with Gasteiger partial charge in [0.2, 0.25) is 18.2 Å². The van der Waals surface area contributed by atoms with Crippen LogP contribution in [0, 0.1) is 0 Å². The number of carbonyl (C=O) groups excluding carboxylic acids is 3. The van der Waals surface area contributed by atoms with E-state index in [1.54, 1.807) is 13.8 Å². The van der Waals surface area contributed by atoms with Crippen LogP contribution in [0.2, 0.25) is 0 Å². The van der Waals surface area contributed by atoms with Crippen LogP contribution in [-0.4, -0.2) is 30.3 Å². The van der Waals surface area contributed by atoms with Gasteiger partial charge in [-0.1, -0.05) is 0 Å². The summed E-state index contributed by atoms with van der Waals surface area (Å²) in [6.45, 7) is 3.56. The maximum Gasteiger partial charge on any atom is 0.243 e. The van der Waals surface area contributed by atoms with Gasteiger partial charge in [0, 0.05) is 6.04 Å². The predicted octanol–water partition coefficient (Wildman–Crippen LogP) is -1.50. The molecule has 0 aliphatic carbocycles. The molecule has 0 fully saturated rings. The SMILES string of the molecule is CC(C)NC(=O)C(CC(N)=O)NC=O. The molecule has 4 N–H and O–H groups in total. The van der Waals surface area contributed by atoms with Gasteiger partial charge < -0.3 is 16.4 Å². The number of nitrogens with two attached hydrogens (primary N) is 1. The van der Waals surface area contributed by atoms with Gasteiger partial charge in [-0.25, -0.2) is 0 Å². The van der Waals surface area contributed by atoms with Crippen molar-refractivity contribution in [2.75, 3.05) is 0 Å². The Hall–Kier alpha value is -1.59. The zero-order valence-corrected chi connectivity index (χ0v) is 8.24. The number of amides is 3. The average molecular weight is 201 g/mol. The molecule has 0 aliphatic rings. The zero-order chi connectivity index (χ0) is 11.1. The topological polar surface area (TPSA) is 101 Å². The Labute approximate surface area is 82.2 Å². The largest absolute Gasteiger partial charge is 0.370 e. The Morgan fingerprint density at radius 1 is 1.43 bits per heavy atom. The highest BCUT2D eigenvalue weighted by atomic mass is 16.2. The summed E-state index contributed by atoms with van der Waals surface area (Å²) in [6.07, 6.45) is 0.171. The molecule has 0 spiro atoms. The van der Waals surface area contributed by atoms with Crippen LogP contribution in [0.3, 0.4) is 0 Å². The summed E-state index contributed by atoms with van der Waals surface area (Å²) in [7, 11) is 0. The van der Waals surface area contributed by atoms with Gasteiger partial charge in [-0.2, -0.15) is 0 Å². The molecular weight excluding hydrogens is 186 g/mol. The summed E-state index contributed by atoms with van der Waals surface area (Å²) < 4.78 is 0. The molecule has 6 heteroatoms. The Kier molecular flexibility index (Phi) is 5.28. The molecular formula is C8H15N3O3. The molecule has 0 saturated heterocycles. The van der Waals surface area contributed by atoms with E-state index in [-0.39, 0.29) is 12.5 Å². The first kappa shape index (κ1) is 12.4. The molecule has 0 bridgehead atoms. The van der Waals surface area contributed by atoms with E-state index in [9.17, 15) is 14.4 Å². The van der Waals surface area contributed by atoms with Crippen LogP contribution in [0.5, 0.6) is 0 Å². The van der Waals surface area contributed by atoms with Gasteiger partial charge in [0.25, 0.3) is 0 Å². The quantitative estimate of drug-likeness (QED) is 0.456. The molecule has 0 aliphatic heterocycles. The van der Waals surface area contributed by atoms with Crippen molar-refractivity contribution in [3.05, 3.63) is 0 Å². The fourth-order valence-corrected chi connectivity index (χ4v) is 0.896. The van der Waals surface area contributed by atoms with Crippen LogP contribution < -0.4 is 16.4 Å². The lowest BCUT2D eigenvalue weighted by Crippen LogP contribution is -2.47.